The van der Waals surface area contributed by atoms with Gasteiger partial charge >= 0.3 is 0 Å². The van der Waals surface area contributed by atoms with Crippen LogP contribution >= 0.6 is 0 Å². The molecule has 2 aromatic carbocycles. The molecule has 4 heteroatoms. The van der Waals surface area contributed by atoms with Crippen LogP contribution in [0.2, 0.25) is 0 Å². The number of rotatable bonds is 6. The maximum atomic E-state index is 13.4. The molecular weight excluding hydrogens is 360 g/mol. The third kappa shape index (κ3) is 4.52. The number of benzene rings is 2. The van der Waals surface area contributed by atoms with E-state index in [0.29, 0.717) is 19.0 Å². The minimum absolute atomic E-state index is 0.0444. The number of hydrogen-bond acceptors (Lipinski definition) is 2. The highest BCUT2D eigenvalue weighted by molar-refractivity contribution is 6.01. The van der Waals surface area contributed by atoms with Gasteiger partial charge in [0.15, 0.2) is 0 Å². The minimum atomic E-state index is -0.298. The first-order valence-corrected chi connectivity index (χ1v) is 10.5. The topological polar surface area (TPSA) is 40.6 Å². The molecule has 1 aliphatic heterocycles. The van der Waals surface area contributed by atoms with Crippen LogP contribution in [-0.4, -0.2) is 29.3 Å². The normalized spacial score (nSPS) is 16.7. The van der Waals surface area contributed by atoms with Gasteiger partial charge in [0.1, 0.15) is 0 Å². The molecule has 2 amide bonds. The van der Waals surface area contributed by atoms with Crippen molar-refractivity contribution < 1.29 is 9.59 Å². The summed E-state index contributed by atoms with van der Waals surface area (Å²) in [6.07, 6.45) is 0.280. The van der Waals surface area contributed by atoms with Gasteiger partial charge < -0.3 is 9.80 Å². The lowest BCUT2D eigenvalue weighted by Crippen LogP contribution is -2.41. The van der Waals surface area contributed by atoms with Gasteiger partial charge in [-0.15, -0.1) is 0 Å². The zero-order valence-electron chi connectivity index (χ0n) is 18.2. The van der Waals surface area contributed by atoms with Crippen LogP contribution in [0.4, 0.5) is 5.69 Å². The molecule has 1 heterocycles. The van der Waals surface area contributed by atoms with Crippen LogP contribution in [0.3, 0.4) is 0 Å². The maximum absolute atomic E-state index is 13.4. The summed E-state index contributed by atoms with van der Waals surface area (Å²) in [6.45, 7) is 11.4. The van der Waals surface area contributed by atoms with Gasteiger partial charge in [0.25, 0.3) is 0 Å². The lowest BCUT2D eigenvalue weighted by molar-refractivity contribution is -0.138. The Morgan fingerprint density at radius 1 is 1.07 bits per heavy atom. The van der Waals surface area contributed by atoms with Crippen LogP contribution in [0.1, 0.15) is 56.7 Å². The minimum Gasteiger partial charge on any atom is -0.336 e. The van der Waals surface area contributed by atoms with Gasteiger partial charge in [-0.3, -0.25) is 9.59 Å². The average molecular weight is 393 g/mol. The number of anilines is 1. The van der Waals surface area contributed by atoms with Gasteiger partial charge in [0.2, 0.25) is 11.8 Å². The van der Waals surface area contributed by atoms with E-state index in [0.717, 1.165) is 22.4 Å². The first kappa shape index (κ1) is 21.1. The molecule has 0 radical (unpaired) electrons. The fourth-order valence-electron chi connectivity index (χ4n) is 4.13. The van der Waals surface area contributed by atoms with Gasteiger partial charge in [0, 0.05) is 31.2 Å². The van der Waals surface area contributed by atoms with Crippen LogP contribution in [0.5, 0.6) is 0 Å². The van der Waals surface area contributed by atoms with Gasteiger partial charge in [-0.1, -0.05) is 62.4 Å². The molecule has 29 heavy (non-hydrogen) atoms. The van der Waals surface area contributed by atoms with E-state index in [9.17, 15) is 9.59 Å². The SMILES string of the molecule is Cc1cccc(C(C)C)c1N1CC(C(=O)N(Cc2ccccc2)C(C)C)CC1=O. The Morgan fingerprint density at radius 2 is 1.76 bits per heavy atom. The van der Waals surface area contributed by atoms with E-state index in [1.807, 2.05) is 73.0 Å². The molecule has 1 unspecified atom stereocenters. The summed E-state index contributed by atoms with van der Waals surface area (Å²) >= 11 is 0. The molecule has 0 spiro atoms. The maximum Gasteiger partial charge on any atom is 0.228 e. The number of aryl methyl sites for hydroxylation is 1. The van der Waals surface area contributed by atoms with E-state index in [1.165, 1.54) is 0 Å². The molecular formula is C25H32N2O2. The molecule has 0 N–H and O–H groups in total. The van der Waals surface area contributed by atoms with Crippen molar-refractivity contribution in [3.8, 4) is 0 Å². The Balaban J connectivity index is 1.83. The summed E-state index contributed by atoms with van der Waals surface area (Å²) < 4.78 is 0. The summed E-state index contributed by atoms with van der Waals surface area (Å²) in [7, 11) is 0. The number of hydrogen-bond donors (Lipinski definition) is 0. The van der Waals surface area contributed by atoms with Gasteiger partial charge in [-0.25, -0.2) is 0 Å². The molecule has 1 atom stereocenters. The molecule has 0 saturated carbocycles. The van der Waals surface area contributed by atoms with E-state index in [1.54, 1.807) is 0 Å². The number of nitrogens with zero attached hydrogens (tertiary/aromatic N) is 2. The van der Waals surface area contributed by atoms with Crippen LogP contribution in [-0.2, 0) is 16.1 Å². The predicted octanol–water partition coefficient (Wildman–Crippen LogP) is 4.91. The Kier molecular flexibility index (Phi) is 6.41. The standard InChI is InChI=1S/C25H32N2O2/c1-17(2)22-13-9-10-19(5)24(22)27-16-21(14-23(27)28)25(29)26(18(3)4)15-20-11-7-6-8-12-20/h6-13,17-18,21H,14-16H2,1-5H3. The summed E-state index contributed by atoms with van der Waals surface area (Å²) in [4.78, 5) is 30.0. The second-order valence-electron chi connectivity index (χ2n) is 8.62. The monoisotopic (exact) mass is 392 g/mol. The largest absolute Gasteiger partial charge is 0.336 e. The number of carbonyl (C=O) groups is 2. The summed E-state index contributed by atoms with van der Waals surface area (Å²) in [5, 5.41) is 0. The molecule has 0 bridgehead atoms. The molecule has 2 aromatic rings. The first-order chi connectivity index (χ1) is 13.8. The second kappa shape index (κ2) is 8.81. The van der Waals surface area contributed by atoms with Crippen LogP contribution in [0.15, 0.2) is 48.5 Å². The summed E-state index contributed by atoms with van der Waals surface area (Å²) in [5.74, 6) is 0.133. The van der Waals surface area contributed by atoms with Crippen molar-refractivity contribution in [2.24, 2.45) is 5.92 Å². The van der Waals surface area contributed by atoms with Crippen LogP contribution in [0.25, 0.3) is 0 Å². The third-order valence-corrected chi connectivity index (χ3v) is 5.74. The van der Waals surface area contributed by atoms with Gasteiger partial charge in [0.05, 0.1) is 5.92 Å². The van der Waals surface area contributed by atoms with Gasteiger partial charge in [-0.05, 0) is 43.4 Å². The van der Waals surface area contributed by atoms with Crippen molar-refractivity contribution in [3.63, 3.8) is 0 Å². The number of carbonyl (C=O) groups excluding carboxylic acids is 2. The van der Waals surface area contributed by atoms with Crippen LogP contribution < -0.4 is 4.90 Å². The molecule has 4 nitrogen and oxygen atoms in total. The Labute approximate surface area is 174 Å². The molecule has 154 valence electrons. The highest BCUT2D eigenvalue weighted by Gasteiger charge is 2.39. The molecule has 0 aromatic heterocycles. The average Bonchev–Trinajstić information content (AvgIpc) is 3.07. The first-order valence-electron chi connectivity index (χ1n) is 10.5. The van der Waals surface area contributed by atoms with E-state index < -0.39 is 0 Å². The van der Waals surface area contributed by atoms with Gasteiger partial charge in [-0.2, -0.15) is 0 Å². The zero-order chi connectivity index (χ0) is 21.1. The van der Waals surface area contributed by atoms with E-state index in [-0.39, 0.29) is 30.2 Å². The third-order valence-electron chi connectivity index (χ3n) is 5.74. The summed E-state index contributed by atoms with van der Waals surface area (Å²) in [5.41, 5.74) is 4.35. The summed E-state index contributed by atoms with van der Waals surface area (Å²) in [6, 6.07) is 16.3. The zero-order valence-corrected chi connectivity index (χ0v) is 18.2. The number of amides is 2. The quantitative estimate of drug-likeness (QED) is 0.701. The Bertz CT molecular complexity index is 874. The van der Waals surface area contributed by atoms with Crippen molar-refractivity contribution in [1.82, 2.24) is 4.90 Å². The van der Waals surface area contributed by atoms with Crippen molar-refractivity contribution in [3.05, 3.63) is 65.2 Å². The highest BCUT2D eigenvalue weighted by atomic mass is 16.2. The van der Waals surface area contributed by atoms with E-state index >= 15 is 0 Å². The molecule has 1 saturated heterocycles. The predicted molar refractivity (Wildman–Crippen MR) is 118 cm³/mol. The number of para-hydroxylation sites is 1. The fraction of sp³-hybridized carbons (Fsp3) is 0.440. The molecule has 3 rings (SSSR count). The van der Waals surface area contributed by atoms with Crippen molar-refractivity contribution >= 4 is 17.5 Å². The Morgan fingerprint density at radius 3 is 2.38 bits per heavy atom. The smallest absolute Gasteiger partial charge is 0.228 e. The lowest BCUT2D eigenvalue weighted by Gasteiger charge is -2.30. The Hall–Kier alpha value is -2.62. The van der Waals surface area contributed by atoms with Crippen molar-refractivity contribution in [2.45, 2.75) is 59.5 Å². The molecule has 1 aliphatic rings. The van der Waals surface area contributed by atoms with E-state index in [2.05, 4.69) is 19.9 Å². The van der Waals surface area contributed by atoms with E-state index in [4.69, 9.17) is 0 Å². The second-order valence-corrected chi connectivity index (χ2v) is 8.62. The molecule has 0 aliphatic carbocycles. The fourth-order valence-corrected chi connectivity index (χ4v) is 4.13. The molecule has 1 fully saturated rings. The van der Waals surface area contributed by atoms with Crippen LogP contribution in [0, 0.1) is 12.8 Å². The highest BCUT2D eigenvalue weighted by Crippen LogP contribution is 2.35. The lowest BCUT2D eigenvalue weighted by atomic mass is 9.97. The van der Waals surface area contributed by atoms with Crippen molar-refractivity contribution in [2.75, 3.05) is 11.4 Å². The van der Waals surface area contributed by atoms with Crippen molar-refractivity contribution in [1.29, 1.82) is 0 Å².